The van der Waals surface area contributed by atoms with Crippen molar-refractivity contribution in [2.24, 2.45) is 0 Å². The van der Waals surface area contributed by atoms with Crippen LogP contribution in [-0.4, -0.2) is 11.1 Å². The molecule has 0 aliphatic carbocycles. The molecule has 104 valence electrons. The van der Waals surface area contributed by atoms with Gasteiger partial charge in [0.05, 0.1) is 16.3 Å². The topological polar surface area (TPSA) is 49.3 Å². The van der Waals surface area contributed by atoms with Crippen LogP contribution in [0.25, 0.3) is 0 Å². The summed E-state index contributed by atoms with van der Waals surface area (Å²) < 4.78 is 0. The average molecular weight is 290 g/mol. The SMILES string of the molecule is Cc1cc(C)c(NCc2cccc(C(=O)O)c2)c(Cl)c1. The smallest absolute Gasteiger partial charge is 0.335 e. The number of carbonyl (C=O) groups is 1. The molecule has 2 N–H and O–H groups in total. The first kappa shape index (κ1) is 14.4. The second kappa shape index (κ2) is 5.97. The van der Waals surface area contributed by atoms with Crippen LogP contribution in [0.2, 0.25) is 5.02 Å². The highest BCUT2D eigenvalue weighted by Crippen LogP contribution is 2.27. The Balaban J connectivity index is 2.17. The summed E-state index contributed by atoms with van der Waals surface area (Å²) in [5.74, 6) is -0.920. The van der Waals surface area contributed by atoms with Gasteiger partial charge in [0.15, 0.2) is 0 Å². The fourth-order valence-corrected chi connectivity index (χ4v) is 2.53. The van der Waals surface area contributed by atoms with E-state index in [1.807, 2.05) is 26.0 Å². The van der Waals surface area contributed by atoms with Crippen molar-refractivity contribution < 1.29 is 9.90 Å². The molecule has 0 amide bonds. The second-order valence-electron chi connectivity index (χ2n) is 4.80. The van der Waals surface area contributed by atoms with Gasteiger partial charge in [-0.15, -0.1) is 0 Å². The van der Waals surface area contributed by atoms with Crippen molar-refractivity contribution in [1.29, 1.82) is 0 Å². The fraction of sp³-hybridized carbons (Fsp3) is 0.188. The first-order valence-corrected chi connectivity index (χ1v) is 6.68. The number of anilines is 1. The maximum Gasteiger partial charge on any atom is 0.335 e. The molecule has 20 heavy (non-hydrogen) atoms. The highest BCUT2D eigenvalue weighted by molar-refractivity contribution is 6.33. The van der Waals surface area contributed by atoms with Crippen LogP contribution in [0.4, 0.5) is 5.69 Å². The average Bonchev–Trinajstić information content (AvgIpc) is 2.37. The number of hydrogen-bond acceptors (Lipinski definition) is 2. The van der Waals surface area contributed by atoms with E-state index in [1.165, 1.54) is 0 Å². The quantitative estimate of drug-likeness (QED) is 0.884. The summed E-state index contributed by atoms with van der Waals surface area (Å²) in [6, 6.07) is 10.8. The Kier molecular flexibility index (Phi) is 4.30. The van der Waals surface area contributed by atoms with E-state index in [-0.39, 0.29) is 5.56 Å². The minimum atomic E-state index is -0.920. The lowest BCUT2D eigenvalue weighted by molar-refractivity contribution is 0.0697. The summed E-state index contributed by atoms with van der Waals surface area (Å²) in [5.41, 5.74) is 4.27. The zero-order valence-electron chi connectivity index (χ0n) is 11.4. The molecule has 0 aromatic heterocycles. The third-order valence-corrected chi connectivity index (χ3v) is 3.37. The standard InChI is InChI=1S/C16H16ClNO2/c1-10-6-11(2)15(14(17)7-10)18-9-12-4-3-5-13(8-12)16(19)20/h3-8,18H,9H2,1-2H3,(H,19,20). The summed E-state index contributed by atoms with van der Waals surface area (Å²) in [5, 5.41) is 12.9. The molecule has 0 bridgehead atoms. The molecular formula is C16H16ClNO2. The van der Waals surface area contributed by atoms with Gasteiger partial charge < -0.3 is 10.4 Å². The molecular weight excluding hydrogens is 274 g/mol. The van der Waals surface area contributed by atoms with Crippen LogP contribution < -0.4 is 5.32 Å². The number of hydrogen-bond donors (Lipinski definition) is 2. The van der Waals surface area contributed by atoms with Crippen LogP contribution in [0.5, 0.6) is 0 Å². The maximum atomic E-state index is 10.9. The van der Waals surface area contributed by atoms with Crippen LogP contribution in [0.15, 0.2) is 36.4 Å². The monoisotopic (exact) mass is 289 g/mol. The van der Waals surface area contributed by atoms with E-state index < -0.39 is 5.97 Å². The van der Waals surface area contributed by atoms with Gasteiger partial charge in [0.1, 0.15) is 0 Å². The molecule has 0 spiro atoms. The van der Waals surface area contributed by atoms with E-state index >= 15 is 0 Å². The molecule has 0 radical (unpaired) electrons. The van der Waals surface area contributed by atoms with Gasteiger partial charge in [-0.3, -0.25) is 0 Å². The van der Waals surface area contributed by atoms with Crippen molar-refractivity contribution in [2.75, 3.05) is 5.32 Å². The number of aryl methyl sites for hydroxylation is 2. The van der Waals surface area contributed by atoms with Gasteiger partial charge in [-0.25, -0.2) is 4.79 Å². The Hall–Kier alpha value is -2.00. The minimum absolute atomic E-state index is 0.288. The Bertz CT molecular complexity index is 630. The molecule has 2 aromatic carbocycles. The molecule has 0 heterocycles. The summed E-state index contributed by atoms with van der Waals surface area (Å²) in [6.45, 7) is 4.53. The second-order valence-corrected chi connectivity index (χ2v) is 5.20. The van der Waals surface area contributed by atoms with Crippen molar-refractivity contribution in [3.63, 3.8) is 0 Å². The minimum Gasteiger partial charge on any atom is -0.478 e. The molecule has 2 aromatic rings. The van der Waals surface area contributed by atoms with Gasteiger partial charge in [0.2, 0.25) is 0 Å². The van der Waals surface area contributed by atoms with Crippen molar-refractivity contribution in [1.82, 2.24) is 0 Å². The van der Waals surface area contributed by atoms with Crippen molar-refractivity contribution >= 4 is 23.3 Å². The lowest BCUT2D eigenvalue weighted by Crippen LogP contribution is -2.04. The lowest BCUT2D eigenvalue weighted by atomic mass is 10.1. The Morgan fingerprint density at radius 3 is 2.65 bits per heavy atom. The van der Waals surface area contributed by atoms with Gasteiger partial charge in [0.25, 0.3) is 0 Å². The predicted molar refractivity (Wildman–Crippen MR) is 81.7 cm³/mol. The van der Waals surface area contributed by atoms with E-state index in [0.29, 0.717) is 11.6 Å². The van der Waals surface area contributed by atoms with Gasteiger partial charge in [0, 0.05) is 6.54 Å². The molecule has 0 aliphatic rings. The summed E-state index contributed by atoms with van der Waals surface area (Å²) in [7, 11) is 0. The highest BCUT2D eigenvalue weighted by atomic mass is 35.5. The molecule has 0 unspecified atom stereocenters. The number of benzene rings is 2. The van der Waals surface area contributed by atoms with Crippen molar-refractivity contribution in [3.8, 4) is 0 Å². The van der Waals surface area contributed by atoms with E-state index in [4.69, 9.17) is 16.7 Å². The number of nitrogens with one attached hydrogen (secondary N) is 1. The predicted octanol–water partition coefficient (Wildman–Crippen LogP) is 4.27. The fourth-order valence-electron chi connectivity index (χ4n) is 2.14. The van der Waals surface area contributed by atoms with E-state index in [9.17, 15) is 4.79 Å². The van der Waals surface area contributed by atoms with E-state index in [0.717, 1.165) is 22.4 Å². The first-order valence-electron chi connectivity index (χ1n) is 6.30. The largest absolute Gasteiger partial charge is 0.478 e. The number of rotatable bonds is 4. The number of halogens is 1. The zero-order valence-corrected chi connectivity index (χ0v) is 12.2. The van der Waals surface area contributed by atoms with Crippen molar-refractivity contribution in [3.05, 3.63) is 63.7 Å². The Morgan fingerprint density at radius 2 is 2.00 bits per heavy atom. The van der Waals surface area contributed by atoms with Crippen molar-refractivity contribution in [2.45, 2.75) is 20.4 Å². The molecule has 2 rings (SSSR count). The van der Waals surface area contributed by atoms with Crippen LogP contribution in [-0.2, 0) is 6.54 Å². The first-order chi connectivity index (χ1) is 9.47. The third kappa shape index (κ3) is 3.31. The van der Waals surface area contributed by atoms with Crippen LogP contribution in [0, 0.1) is 13.8 Å². The summed E-state index contributed by atoms with van der Waals surface area (Å²) >= 11 is 6.23. The Labute approximate surface area is 123 Å². The van der Waals surface area contributed by atoms with E-state index in [1.54, 1.807) is 18.2 Å². The maximum absolute atomic E-state index is 10.9. The summed E-state index contributed by atoms with van der Waals surface area (Å²) in [6.07, 6.45) is 0. The molecule has 3 nitrogen and oxygen atoms in total. The third-order valence-electron chi connectivity index (χ3n) is 3.07. The van der Waals surface area contributed by atoms with Crippen LogP contribution in [0.1, 0.15) is 27.0 Å². The number of aromatic carboxylic acids is 1. The van der Waals surface area contributed by atoms with Gasteiger partial charge in [-0.2, -0.15) is 0 Å². The normalized spacial score (nSPS) is 10.3. The molecule has 0 atom stereocenters. The molecule has 4 heteroatoms. The zero-order chi connectivity index (χ0) is 14.7. The van der Waals surface area contributed by atoms with Crippen LogP contribution >= 0.6 is 11.6 Å². The van der Waals surface area contributed by atoms with Gasteiger partial charge in [-0.1, -0.05) is 29.8 Å². The molecule has 0 fully saturated rings. The van der Waals surface area contributed by atoms with E-state index in [2.05, 4.69) is 11.4 Å². The van der Waals surface area contributed by atoms with Gasteiger partial charge in [-0.05, 0) is 48.7 Å². The number of carboxylic acid groups (broad SMARTS) is 1. The molecule has 0 saturated carbocycles. The highest BCUT2D eigenvalue weighted by Gasteiger charge is 2.06. The lowest BCUT2D eigenvalue weighted by Gasteiger charge is -2.13. The Morgan fingerprint density at radius 1 is 1.25 bits per heavy atom. The molecule has 0 aliphatic heterocycles. The van der Waals surface area contributed by atoms with Crippen LogP contribution in [0.3, 0.4) is 0 Å². The summed E-state index contributed by atoms with van der Waals surface area (Å²) in [4.78, 5) is 10.9. The number of carboxylic acids is 1. The van der Waals surface area contributed by atoms with Gasteiger partial charge >= 0.3 is 5.97 Å². The molecule has 0 saturated heterocycles.